The number of nitrogens with one attached hydrogen (secondary N) is 1. The summed E-state index contributed by atoms with van der Waals surface area (Å²) < 4.78 is 5.76. The van der Waals surface area contributed by atoms with Gasteiger partial charge in [-0.1, -0.05) is 67.8 Å². The summed E-state index contributed by atoms with van der Waals surface area (Å²) in [7, 11) is 0. The number of nitrogens with zero attached hydrogens (tertiary/aromatic N) is 1. The first-order valence-corrected chi connectivity index (χ1v) is 12.6. The molecule has 0 spiro atoms. The molecule has 0 bridgehead atoms. The Kier molecular flexibility index (Phi) is 5.31. The molecule has 2 saturated carbocycles. The number of hydrogen-bond donors (Lipinski definition) is 2. The summed E-state index contributed by atoms with van der Waals surface area (Å²) in [6.45, 7) is 1.14. The standard InChI is InChI=1S/C28H30N2O5/c31-25(32)24-21-14-30(15-22(21)24)26(33)28(12-6-1-7-13-28)29-27(34)35-16-23-19-10-4-2-8-17(19)18-9-3-5-11-20(18)23/h2-5,8-11,21-24H,1,6-7,12-16H2,(H,29,34)(H,31,32)/t21-,22+,24?. The number of ether oxygens (including phenoxy) is 1. The Balaban J connectivity index is 1.14. The van der Waals surface area contributed by atoms with Gasteiger partial charge in [0.25, 0.3) is 0 Å². The van der Waals surface area contributed by atoms with Gasteiger partial charge in [0.2, 0.25) is 5.91 Å². The third-order valence-electron chi connectivity index (χ3n) is 8.57. The summed E-state index contributed by atoms with van der Waals surface area (Å²) in [5.74, 6) is -1.11. The highest BCUT2D eigenvalue weighted by Gasteiger charge is 2.62. The zero-order chi connectivity index (χ0) is 24.2. The van der Waals surface area contributed by atoms with Gasteiger partial charge in [-0.2, -0.15) is 0 Å². The van der Waals surface area contributed by atoms with Crippen molar-refractivity contribution in [3.05, 3.63) is 59.7 Å². The van der Waals surface area contributed by atoms with Gasteiger partial charge >= 0.3 is 12.1 Å². The number of hydrogen-bond acceptors (Lipinski definition) is 4. The topological polar surface area (TPSA) is 95.9 Å². The SMILES string of the molecule is O=C(NC1(C(=O)N2C[C@@H]3C(C(=O)O)[C@@H]3C2)CCCCC1)OCC1c2ccccc2-c2ccccc21. The third-order valence-corrected chi connectivity index (χ3v) is 8.57. The number of fused-ring (bicyclic) bond motifs is 4. The molecule has 1 heterocycles. The van der Waals surface area contributed by atoms with Crippen molar-refractivity contribution in [1.82, 2.24) is 10.2 Å². The molecular weight excluding hydrogens is 444 g/mol. The summed E-state index contributed by atoms with van der Waals surface area (Å²) in [4.78, 5) is 39.7. The van der Waals surface area contributed by atoms with Gasteiger partial charge in [-0.3, -0.25) is 9.59 Å². The number of rotatable bonds is 5. The molecule has 3 aliphatic carbocycles. The van der Waals surface area contributed by atoms with Crippen LogP contribution in [-0.2, 0) is 14.3 Å². The Bertz CT molecular complexity index is 1130. The van der Waals surface area contributed by atoms with Crippen molar-refractivity contribution >= 4 is 18.0 Å². The lowest BCUT2D eigenvalue weighted by Crippen LogP contribution is -2.60. The molecule has 3 atom stereocenters. The van der Waals surface area contributed by atoms with Crippen molar-refractivity contribution in [3.63, 3.8) is 0 Å². The van der Waals surface area contributed by atoms with Crippen LogP contribution < -0.4 is 5.32 Å². The monoisotopic (exact) mass is 474 g/mol. The molecule has 1 aliphatic heterocycles. The number of amides is 2. The van der Waals surface area contributed by atoms with Gasteiger partial charge in [0.1, 0.15) is 12.1 Å². The number of benzene rings is 2. The predicted octanol–water partition coefficient (Wildman–Crippen LogP) is 4.02. The van der Waals surface area contributed by atoms with Crippen LogP contribution in [0.25, 0.3) is 11.1 Å². The summed E-state index contributed by atoms with van der Waals surface area (Å²) in [6, 6.07) is 16.4. The van der Waals surface area contributed by atoms with Gasteiger partial charge in [-0.05, 0) is 46.9 Å². The van der Waals surface area contributed by atoms with Crippen LogP contribution in [0.5, 0.6) is 0 Å². The maximum absolute atomic E-state index is 13.6. The molecule has 2 aromatic rings. The average Bonchev–Trinajstić information content (AvgIpc) is 3.23. The van der Waals surface area contributed by atoms with Crippen LogP contribution in [0.4, 0.5) is 4.79 Å². The maximum Gasteiger partial charge on any atom is 0.408 e. The molecule has 2 amide bonds. The third kappa shape index (κ3) is 3.68. The van der Waals surface area contributed by atoms with E-state index in [0.29, 0.717) is 25.9 Å². The summed E-state index contributed by atoms with van der Waals surface area (Å²) in [5, 5.41) is 12.3. The van der Waals surface area contributed by atoms with E-state index < -0.39 is 17.6 Å². The molecule has 7 heteroatoms. The second-order valence-electron chi connectivity index (χ2n) is 10.5. The van der Waals surface area contributed by atoms with Crippen LogP contribution in [0.1, 0.15) is 49.1 Å². The Morgan fingerprint density at radius 2 is 1.49 bits per heavy atom. The van der Waals surface area contributed by atoms with Gasteiger partial charge in [0.05, 0.1) is 5.92 Å². The normalized spacial score (nSPS) is 25.8. The highest BCUT2D eigenvalue weighted by molar-refractivity contribution is 5.91. The van der Waals surface area contributed by atoms with Crippen LogP contribution in [0, 0.1) is 17.8 Å². The number of carbonyl (C=O) groups is 3. The molecule has 2 aromatic carbocycles. The van der Waals surface area contributed by atoms with E-state index in [4.69, 9.17) is 4.74 Å². The zero-order valence-corrected chi connectivity index (χ0v) is 19.6. The fourth-order valence-corrected chi connectivity index (χ4v) is 6.74. The average molecular weight is 475 g/mol. The molecule has 1 unspecified atom stereocenters. The minimum atomic E-state index is -0.962. The second-order valence-corrected chi connectivity index (χ2v) is 10.5. The maximum atomic E-state index is 13.6. The largest absolute Gasteiger partial charge is 0.481 e. The van der Waals surface area contributed by atoms with Crippen molar-refractivity contribution < 1.29 is 24.2 Å². The summed E-state index contributed by atoms with van der Waals surface area (Å²) in [5.41, 5.74) is 3.67. The quantitative estimate of drug-likeness (QED) is 0.683. The molecule has 6 rings (SSSR count). The van der Waals surface area contributed by atoms with E-state index in [1.807, 2.05) is 24.3 Å². The smallest absolute Gasteiger partial charge is 0.408 e. The van der Waals surface area contributed by atoms with Crippen LogP contribution in [0.2, 0.25) is 0 Å². The number of carboxylic acid groups (broad SMARTS) is 1. The van der Waals surface area contributed by atoms with Crippen molar-refractivity contribution in [2.45, 2.75) is 43.6 Å². The Morgan fingerprint density at radius 1 is 0.914 bits per heavy atom. The van der Waals surface area contributed by atoms with E-state index in [2.05, 4.69) is 29.6 Å². The molecule has 0 radical (unpaired) electrons. The first-order chi connectivity index (χ1) is 17.0. The lowest BCUT2D eigenvalue weighted by molar-refractivity contribution is -0.143. The van der Waals surface area contributed by atoms with Gasteiger partial charge in [0, 0.05) is 19.0 Å². The highest BCUT2D eigenvalue weighted by atomic mass is 16.5. The van der Waals surface area contributed by atoms with Gasteiger partial charge in [0.15, 0.2) is 0 Å². The van der Waals surface area contributed by atoms with E-state index in [-0.39, 0.29) is 36.2 Å². The molecule has 3 fully saturated rings. The van der Waals surface area contributed by atoms with Crippen molar-refractivity contribution in [3.8, 4) is 11.1 Å². The molecule has 182 valence electrons. The van der Waals surface area contributed by atoms with Crippen LogP contribution >= 0.6 is 0 Å². The minimum absolute atomic E-state index is 0.0372. The van der Waals surface area contributed by atoms with Crippen molar-refractivity contribution in [2.75, 3.05) is 19.7 Å². The van der Waals surface area contributed by atoms with Crippen LogP contribution in [0.3, 0.4) is 0 Å². The van der Waals surface area contributed by atoms with E-state index in [1.165, 1.54) is 11.1 Å². The molecule has 2 N–H and O–H groups in total. The highest BCUT2D eigenvalue weighted by Crippen LogP contribution is 2.52. The fourth-order valence-electron chi connectivity index (χ4n) is 6.74. The molecule has 35 heavy (non-hydrogen) atoms. The minimum Gasteiger partial charge on any atom is -0.481 e. The Hall–Kier alpha value is -3.35. The van der Waals surface area contributed by atoms with E-state index >= 15 is 0 Å². The Labute approximate surface area is 204 Å². The number of likely N-dealkylation sites (tertiary alicyclic amines) is 1. The molecule has 4 aliphatic rings. The fraction of sp³-hybridized carbons (Fsp3) is 0.464. The first kappa shape index (κ1) is 22.1. The first-order valence-electron chi connectivity index (χ1n) is 12.6. The van der Waals surface area contributed by atoms with Crippen molar-refractivity contribution in [2.24, 2.45) is 17.8 Å². The molecule has 1 saturated heterocycles. The lowest BCUT2D eigenvalue weighted by atomic mass is 9.80. The van der Waals surface area contributed by atoms with Crippen molar-refractivity contribution in [1.29, 1.82) is 0 Å². The molecule has 7 nitrogen and oxygen atoms in total. The predicted molar refractivity (Wildman–Crippen MR) is 129 cm³/mol. The Morgan fingerprint density at radius 3 is 2.06 bits per heavy atom. The van der Waals surface area contributed by atoms with Crippen LogP contribution in [-0.4, -0.2) is 53.2 Å². The number of piperidine rings is 1. The van der Waals surface area contributed by atoms with E-state index in [0.717, 1.165) is 30.4 Å². The number of alkyl carbamates (subject to hydrolysis) is 1. The molecular formula is C28H30N2O5. The molecule has 0 aromatic heterocycles. The summed E-state index contributed by atoms with van der Waals surface area (Å²) >= 11 is 0. The summed E-state index contributed by atoms with van der Waals surface area (Å²) in [6.07, 6.45) is 3.39. The van der Waals surface area contributed by atoms with Gasteiger partial charge in [-0.15, -0.1) is 0 Å². The van der Waals surface area contributed by atoms with Gasteiger partial charge < -0.3 is 20.1 Å². The number of aliphatic carboxylic acids is 1. The number of carboxylic acids is 1. The second kappa shape index (κ2) is 8.40. The number of carbonyl (C=O) groups excluding carboxylic acids is 2. The van der Waals surface area contributed by atoms with Gasteiger partial charge in [-0.25, -0.2) is 4.79 Å². The van der Waals surface area contributed by atoms with E-state index in [1.54, 1.807) is 4.90 Å². The lowest BCUT2D eigenvalue weighted by Gasteiger charge is -2.39. The zero-order valence-electron chi connectivity index (χ0n) is 19.6. The van der Waals surface area contributed by atoms with E-state index in [9.17, 15) is 19.5 Å². The van der Waals surface area contributed by atoms with Crippen LogP contribution in [0.15, 0.2) is 48.5 Å².